The van der Waals surface area contributed by atoms with E-state index in [1.807, 2.05) is 35.2 Å². The first-order valence-corrected chi connectivity index (χ1v) is 10.5. The first-order chi connectivity index (χ1) is 14.8. The van der Waals surface area contributed by atoms with Crippen molar-refractivity contribution in [3.05, 3.63) is 59.4 Å². The summed E-state index contributed by atoms with van der Waals surface area (Å²) in [5.41, 5.74) is 0.863. The van der Waals surface area contributed by atoms with Gasteiger partial charge < -0.3 is 15.5 Å². The Balaban J connectivity index is 1.32. The molecular formula is C21H19ClF3N5S. The molecule has 3 aromatic rings. The zero-order chi connectivity index (χ0) is 22.0. The normalized spacial score (nSPS) is 15.2. The predicted molar refractivity (Wildman–Crippen MR) is 121 cm³/mol. The molecule has 0 aliphatic carbocycles. The average molecular weight is 466 g/mol. The van der Waals surface area contributed by atoms with E-state index >= 15 is 0 Å². The molecule has 1 aliphatic rings. The molecule has 162 valence electrons. The summed E-state index contributed by atoms with van der Waals surface area (Å²) in [5.74, 6) is 0.371. The number of pyridine rings is 2. The third-order valence-electron chi connectivity index (χ3n) is 5.13. The number of nitrogens with zero attached hydrogens (tertiary/aromatic N) is 3. The van der Waals surface area contributed by atoms with Gasteiger partial charge in [0.25, 0.3) is 0 Å². The van der Waals surface area contributed by atoms with Crippen LogP contribution in [0.3, 0.4) is 0 Å². The maximum atomic E-state index is 12.8. The molecule has 1 fully saturated rings. The highest BCUT2D eigenvalue weighted by molar-refractivity contribution is 7.80. The Bertz CT molecular complexity index is 1100. The highest BCUT2D eigenvalue weighted by Crippen LogP contribution is 2.34. The molecule has 1 saturated heterocycles. The maximum Gasteiger partial charge on any atom is 0.417 e. The van der Waals surface area contributed by atoms with Gasteiger partial charge in [-0.05, 0) is 43.3 Å². The van der Waals surface area contributed by atoms with Crippen LogP contribution in [0.4, 0.5) is 24.7 Å². The Kier molecular flexibility index (Phi) is 6.15. The Morgan fingerprint density at radius 1 is 1.10 bits per heavy atom. The molecule has 10 heteroatoms. The van der Waals surface area contributed by atoms with Crippen LogP contribution < -0.4 is 15.5 Å². The largest absolute Gasteiger partial charge is 0.417 e. The van der Waals surface area contributed by atoms with Crippen LogP contribution in [0.5, 0.6) is 0 Å². The van der Waals surface area contributed by atoms with E-state index in [4.69, 9.17) is 23.8 Å². The van der Waals surface area contributed by atoms with Crippen LogP contribution in [0.1, 0.15) is 18.4 Å². The highest BCUT2D eigenvalue weighted by Gasteiger charge is 2.32. The number of alkyl halides is 3. The first kappa shape index (κ1) is 21.6. The standard InChI is InChI=1S/C21H19ClF3N5S/c22-17-10-14(21(23,24)25)11-27-19(17)30-7-5-15(6-8-30)28-20(31)29-16-9-13-3-1-2-4-18(13)26-12-16/h1-4,9-12,15H,5-8H2,(H2,28,29,31). The third-order valence-corrected chi connectivity index (χ3v) is 5.63. The fourth-order valence-electron chi connectivity index (χ4n) is 3.55. The molecule has 2 N–H and O–H groups in total. The number of aromatic nitrogens is 2. The minimum Gasteiger partial charge on any atom is -0.360 e. The molecular weight excluding hydrogens is 447 g/mol. The topological polar surface area (TPSA) is 53.1 Å². The molecule has 0 atom stereocenters. The summed E-state index contributed by atoms with van der Waals surface area (Å²) in [5, 5.41) is 7.97. The number of piperidine rings is 1. The molecule has 0 radical (unpaired) electrons. The summed E-state index contributed by atoms with van der Waals surface area (Å²) in [6.45, 7) is 1.21. The Morgan fingerprint density at radius 3 is 2.55 bits per heavy atom. The highest BCUT2D eigenvalue weighted by atomic mass is 35.5. The van der Waals surface area contributed by atoms with Gasteiger partial charge in [0.2, 0.25) is 0 Å². The van der Waals surface area contributed by atoms with Gasteiger partial charge in [0.05, 0.1) is 28.0 Å². The second-order valence-corrected chi connectivity index (χ2v) is 8.12. The van der Waals surface area contributed by atoms with E-state index in [1.165, 1.54) is 0 Å². The van der Waals surface area contributed by atoms with E-state index in [2.05, 4.69) is 20.6 Å². The van der Waals surface area contributed by atoms with Crippen molar-refractivity contribution in [1.29, 1.82) is 0 Å². The fourth-order valence-corrected chi connectivity index (χ4v) is 4.12. The molecule has 0 unspecified atom stereocenters. The number of benzene rings is 1. The van der Waals surface area contributed by atoms with Crippen LogP contribution >= 0.6 is 23.8 Å². The van der Waals surface area contributed by atoms with Crippen LogP contribution in [-0.4, -0.2) is 34.2 Å². The van der Waals surface area contributed by atoms with E-state index in [9.17, 15) is 13.2 Å². The lowest BCUT2D eigenvalue weighted by atomic mass is 10.1. The molecule has 1 aliphatic heterocycles. The average Bonchev–Trinajstić information content (AvgIpc) is 2.73. The van der Waals surface area contributed by atoms with Crippen molar-refractivity contribution in [2.24, 2.45) is 0 Å². The van der Waals surface area contributed by atoms with Crippen molar-refractivity contribution in [1.82, 2.24) is 15.3 Å². The minimum atomic E-state index is -4.46. The number of hydrogen-bond donors (Lipinski definition) is 2. The molecule has 2 aromatic heterocycles. The van der Waals surface area contributed by atoms with Gasteiger partial charge in [0, 0.05) is 30.7 Å². The monoisotopic (exact) mass is 465 g/mol. The molecule has 0 saturated carbocycles. The van der Waals surface area contributed by atoms with Gasteiger partial charge >= 0.3 is 6.18 Å². The second kappa shape index (κ2) is 8.84. The summed E-state index contributed by atoms with van der Waals surface area (Å²) in [6, 6.07) is 10.9. The van der Waals surface area contributed by atoms with Gasteiger partial charge in [-0.2, -0.15) is 13.2 Å². The van der Waals surface area contributed by atoms with Crippen molar-refractivity contribution in [3.63, 3.8) is 0 Å². The van der Waals surface area contributed by atoms with E-state index in [0.717, 1.165) is 41.7 Å². The second-order valence-electron chi connectivity index (χ2n) is 7.30. The summed E-state index contributed by atoms with van der Waals surface area (Å²) in [7, 11) is 0. The number of anilines is 2. The van der Waals surface area contributed by atoms with Crippen LogP contribution in [0, 0.1) is 0 Å². The first-order valence-electron chi connectivity index (χ1n) is 9.69. The van der Waals surface area contributed by atoms with Gasteiger partial charge in [-0.3, -0.25) is 4.98 Å². The number of fused-ring (bicyclic) bond motifs is 1. The minimum absolute atomic E-state index is 0.00206. The summed E-state index contributed by atoms with van der Waals surface area (Å²) in [6.07, 6.45) is -0.414. The van der Waals surface area contributed by atoms with E-state index in [0.29, 0.717) is 24.0 Å². The smallest absolute Gasteiger partial charge is 0.360 e. The Labute approximate surface area is 187 Å². The van der Waals surface area contributed by atoms with Crippen molar-refractivity contribution >= 4 is 51.3 Å². The number of thiocarbonyl (C=S) groups is 1. The van der Waals surface area contributed by atoms with Gasteiger partial charge in [-0.25, -0.2) is 4.98 Å². The summed E-state index contributed by atoms with van der Waals surface area (Å²) >= 11 is 11.5. The lowest BCUT2D eigenvalue weighted by Crippen LogP contribution is -2.46. The zero-order valence-electron chi connectivity index (χ0n) is 16.3. The van der Waals surface area contributed by atoms with Gasteiger partial charge in [-0.1, -0.05) is 29.8 Å². The van der Waals surface area contributed by atoms with E-state index in [1.54, 1.807) is 6.20 Å². The van der Waals surface area contributed by atoms with Gasteiger partial charge in [0.15, 0.2) is 5.11 Å². The molecule has 0 spiro atoms. The molecule has 0 bridgehead atoms. The molecule has 31 heavy (non-hydrogen) atoms. The van der Waals surface area contributed by atoms with E-state index in [-0.39, 0.29) is 11.1 Å². The number of para-hydroxylation sites is 1. The van der Waals surface area contributed by atoms with Crippen molar-refractivity contribution in [2.45, 2.75) is 25.1 Å². The van der Waals surface area contributed by atoms with Crippen molar-refractivity contribution in [3.8, 4) is 0 Å². The fraction of sp³-hybridized carbons (Fsp3) is 0.286. The van der Waals surface area contributed by atoms with Crippen molar-refractivity contribution < 1.29 is 13.2 Å². The Hall–Kier alpha value is -2.65. The molecule has 4 rings (SSSR count). The van der Waals surface area contributed by atoms with E-state index < -0.39 is 11.7 Å². The van der Waals surface area contributed by atoms with Crippen LogP contribution in [-0.2, 0) is 6.18 Å². The zero-order valence-corrected chi connectivity index (χ0v) is 17.9. The third kappa shape index (κ3) is 5.16. The van der Waals surface area contributed by atoms with Gasteiger partial charge in [-0.15, -0.1) is 0 Å². The molecule has 0 amide bonds. The SMILES string of the molecule is FC(F)(F)c1cnc(N2CCC(NC(=S)Nc3cnc4ccccc4c3)CC2)c(Cl)c1. The van der Waals surface area contributed by atoms with Crippen molar-refractivity contribution in [2.75, 3.05) is 23.3 Å². The maximum absolute atomic E-state index is 12.8. The van der Waals surface area contributed by atoms with Crippen LogP contribution in [0.15, 0.2) is 48.8 Å². The number of nitrogens with one attached hydrogen (secondary N) is 2. The number of rotatable bonds is 3. The number of halogens is 4. The lowest BCUT2D eigenvalue weighted by molar-refractivity contribution is -0.137. The quantitative estimate of drug-likeness (QED) is 0.515. The van der Waals surface area contributed by atoms with Gasteiger partial charge in [0.1, 0.15) is 5.82 Å². The summed E-state index contributed by atoms with van der Waals surface area (Å²) < 4.78 is 38.4. The number of hydrogen-bond acceptors (Lipinski definition) is 4. The molecule has 5 nitrogen and oxygen atoms in total. The van der Waals surface area contributed by atoms with Crippen LogP contribution in [0.2, 0.25) is 5.02 Å². The predicted octanol–water partition coefficient (Wildman–Crippen LogP) is 5.26. The lowest BCUT2D eigenvalue weighted by Gasteiger charge is -2.34. The molecule has 3 heterocycles. The Morgan fingerprint density at radius 2 is 1.84 bits per heavy atom. The molecule has 1 aromatic carbocycles. The summed E-state index contributed by atoms with van der Waals surface area (Å²) in [4.78, 5) is 10.2. The van der Waals surface area contributed by atoms with Crippen LogP contribution in [0.25, 0.3) is 10.9 Å².